The monoisotopic (exact) mass is 346 g/mol. The van der Waals surface area contributed by atoms with Gasteiger partial charge in [0.15, 0.2) is 0 Å². The molecular formula is C21H15ClN2O. The van der Waals surface area contributed by atoms with E-state index in [1.54, 1.807) is 6.07 Å². The summed E-state index contributed by atoms with van der Waals surface area (Å²) in [5.74, 6) is 0.277. The molecule has 122 valence electrons. The van der Waals surface area contributed by atoms with E-state index in [0.29, 0.717) is 0 Å². The van der Waals surface area contributed by atoms with Crippen molar-refractivity contribution in [3.63, 3.8) is 0 Å². The van der Waals surface area contributed by atoms with E-state index < -0.39 is 0 Å². The van der Waals surface area contributed by atoms with E-state index in [2.05, 4.69) is 22.7 Å². The Morgan fingerprint density at radius 3 is 2.52 bits per heavy atom. The maximum Gasteiger partial charge on any atom is 0.116 e. The van der Waals surface area contributed by atoms with Gasteiger partial charge in [-0.25, -0.2) is 0 Å². The number of phenols is 1. The Morgan fingerprint density at radius 1 is 0.880 bits per heavy atom. The molecule has 0 saturated carbocycles. The van der Waals surface area contributed by atoms with Crippen molar-refractivity contribution < 1.29 is 5.11 Å². The van der Waals surface area contributed by atoms with E-state index in [9.17, 15) is 5.11 Å². The number of H-pyrrole nitrogens is 1. The lowest BCUT2D eigenvalue weighted by molar-refractivity contribution is 0.476. The van der Waals surface area contributed by atoms with E-state index in [4.69, 9.17) is 11.6 Å². The molecule has 0 aliphatic carbocycles. The van der Waals surface area contributed by atoms with Gasteiger partial charge in [-0.2, -0.15) is 0 Å². The van der Waals surface area contributed by atoms with Gasteiger partial charge >= 0.3 is 0 Å². The minimum Gasteiger partial charge on any atom is -0.508 e. The van der Waals surface area contributed by atoms with Gasteiger partial charge in [-0.15, -0.1) is 0 Å². The fraction of sp³-hybridized carbons (Fsp3) is 0.0476. The summed E-state index contributed by atoms with van der Waals surface area (Å²) < 4.78 is 2.16. The third-order valence-corrected chi connectivity index (χ3v) is 5.31. The van der Waals surface area contributed by atoms with Crippen LogP contribution in [0.3, 0.4) is 0 Å². The number of nitrogens with zero attached hydrogens (tertiary/aromatic N) is 1. The molecule has 0 fully saturated rings. The van der Waals surface area contributed by atoms with Crippen LogP contribution in [-0.2, 0) is 7.05 Å². The Bertz CT molecular complexity index is 1280. The number of aryl methyl sites for hydroxylation is 1. The van der Waals surface area contributed by atoms with E-state index in [0.717, 1.165) is 48.7 Å². The van der Waals surface area contributed by atoms with Gasteiger partial charge in [0.2, 0.25) is 0 Å². The van der Waals surface area contributed by atoms with Crippen LogP contribution in [0.5, 0.6) is 5.75 Å². The third-order valence-electron chi connectivity index (χ3n) is 4.98. The van der Waals surface area contributed by atoms with Gasteiger partial charge < -0.3 is 14.7 Å². The lowest BCUT2D eigenvalue weighted by Gasteiger charge is -2.08. The molecule has 4 heteroatoms. The van der Waals surface area contributed by atoms with Gasteiger partial charge in [-0.1, -0.05) is 29.8 Å². The van der Waals surface area contributed by atoms with Crippen LogP contribution in [-0.4, -0.2) is 14.7 Å². The summed E-state index contributed by atoms with van der Waals surface area (Å²) in [6.45, 7) is 0. The van der Waals surface area contributed by atoms with Crippen LogP contribution in [0.25, 0.3) is 43.7 Å². The number of hydrogen-bond acceptors (Lipinski definition) is 1. The van der Waals surface area contributed by atoms with E-state index in [1.165, 1.54) is 0 Å². The highest BCUT2D eigenvalue weighted by Crippen LogP contribution is 2.41. The second kappa shape index (κ2) is 5.04. The maximum atomic E-state index is 9.96. The number of nitrogens with one attached hydrogen (secondary N) is 1. The van der Waals surface area contributed by atoms with Crippen molar-refractivity contribution in [3.8, 4) is 16.9 Å². The van der Waals surface area contributed by atoms with E-state index in [1.807, 2.05) is 48.8 Å². The molecule has 0 saturated heterocycles. The Morgan fingerprint density at radius 2 is 1.68 bits per heavy atom. The number of aromatic nitrogens is 2. The van der Waals surface area contributed by atoms with Crippen LogP contribution < -0.4 is 0 Å². The van der Waals surface area contributed by atoms with E-state index in [-0.39, 0.29) is 5.75 Å². The number of rotatable bonds is 1. The largest absolute Gasteiger partial charge is 0.508 e. The van der Waals surface area contributed by atoms with Crippen molar-refractivity contribution in [1.29, 1.82) is 0 Å². The molecule has 3 nitrogen and oxygen atoms in total. The molecule has 2 N–H and O–H groups in total. The molecule has 3 aromatic carbocycles. The van der Waals surface area contributed by atoms with Gasteiger partial charge in [0.1, 0.15) is 5.75 Å². The van der Waals surface area contributed by atoms with Gasteiger partial charge in [0.25, 0.3) is 0 Å². The number of phenolic OH excluding ortho intramolecular Hbond substituents is 1. The highest BCUT2D eigenvalue weighted by atomic mass is 35.5. The van der Waals surface area contributed by atoms with Crippen molar-refractivity contribution >= 4 is 44.2 Å². The lowest BCUT2D eigenvalue weighted by atomic mass is 9.97. The van der Waals surface area contributed by atoms with E-state index >= 15 is 0 Å². The normalized spacial score (nSPS) is 11.8. The number of aromatic amines is 1. The number of aromatic hydroxyl groups is 1. The Kier molecular flexibility index (Phi) is 2.91. The molecule has 2 heterocycles. The molecule has 0 aliphatic heterocycles. The number of benzene rings is 3. The minimum atomic E-state index is 0.277. The summed E-state index contributed by atoms with van der Waals surface area (Å²) in [7, 11) is 2.05. The summed E-state index contributed by atoms with van der Waals surface area (Å²) in [5, 5.41) is 15.1. The second-order valence-corrected chi connectivity index (χ2v) is 6.75. The Hall–Kier alpha value is -2.91. The second-order valence-electron chi connectivity index (χ2n) is 6.34. The average Bonchev–Trinajstić information content (AvgIpc) is 3.18. The summed E-state index contributed by atoms with van der Waals surface area (Å²) >= 11 is 6.47. The van der Waals surface area contributed by atoms with Crippen LogP contribution >= 0.6 is 11.6 Å². The summed E-state index contributed by atoms with van der Waals surface area (Å²) in [5.41, 5.74) is 4.32. The first-order valence-corrected chi connectivity index (χ1v) is 8.48. The predicted octanol–water partition coefficient (Wildman–Crippen LogP) is 5.84. The molecule has 0 bridgehead atoms. The van der Waals surface area contributed by atoms with Crippen molar-refractivity contribution in [2.24, 2.45) is 7.05 Å². The average molecular weight is 347 g/mol. The van der Waals surface area contributed by atoms with Crippen LogP contribution in [0.15, 0.2) is 60.9 Å². The molecule has 5 rings (SSSR count). The van der Waals surface area contributed by atoms with Gasteiger partial charge in [0.05, 0.1) is 5.52 Å². The molecule has 0 amide bonds. The molecular weight excluding hydrogens is 332 g/mol. The minimum absolute atomic E-state index is 0.277. The number of fused-ring (bicyclic) bond motifs is 5. The predicted molar refractivity (Wildman–Crippen MR) is 104 cm³/mol. The molecule has 0 aliphatic rings. The molecule has 5 aromatic rings. The topological polar surface area (TPSA) is 41.0 Å². The molecule has 0 spiro atoms. The zero-order chi connectivity index (χ0) is 17.1. The highest BCUT2D eigenvalue weighted by molar-refractivity contribution is 6.34. The molecule has 25 heavy (non-hydrogen) atoms. The van der Waals surface area contributed by atoms with Crippen molar-refractivity contribution in [3.05, 3.63) is 65.9 Å². The molecule has 2 aromatic heterocycles. The van der Waals surface area contributed by atoms with Crippen LogP contribution in [0.4, 0.5) is 0 Å². The highest BCUT2D eigenvalue weighted by Gasteiger charge is 2.17. The smallest absolute Gasteiger partial charge is 0.116 e. The summed E-state index contributed by atoms with van der Waals surface area (Å²) in [4.78, 5) is 3.23. The first-order chi connectivity index (χ1) is 12.1. The quantitative estimate of drug-likeness (QED) is 0.393. The van der Waals surface area contributed by atoms with Crippen molar-refractivity contribution in [1.82, 2.24) is 9.55 Å². The van der Waals surface area contributed by atoms with Gasteiger partial charge in [-0.05, 0) is 35.9 Å². The van der Waals surface area contributed by atoms with Gasteiger partial charge in [-0.3, -0.25) is 0 Å². The number of halogens is 1. The third kappa shape index (κ3) is 1.93. The standard InChI is InChI=1S/C21H15ClN2O/c1-24-19-7-6-12(25)8-15(19)21-17-11-23-10-16(17)14(9-20(21)24)13-4-2-3-5-18(13)22/h2-11,23,25H,1H3. The number of hydrogen-bond donors (Lipinski definition) is 2. The zero-order valence-corrected chi connectivity index (χ0v) is 14.3. The fourth-order valence-electron chi connectivity index (χ4n) is 3.81. The molecule has 0 unspecified atom stereocenters. The first kappa shape index (κ1) is 14.4. The van der Waals surface area contributed by atoms with Gasteiger partial charge in [0, 0.05) is 57.1 Å². The first-order valence-electron chi connectivity index (χ1n) is 8.10. The van der Waals surface area contributed by atoms with Crippen LogP contribution in [0, 0.1) is 0 Å². The molecule has 0 atom stereocenters. The lowest BCUT2D eigenvalue weighted by Crippen LogP contribution is -1.88. The van der Waals surface area contributed by atoms with Crippen LogP contribution in [0.1, 0.15) is 0 Å². The summed E-state index contributed by atoms with van der Waals surface area (Å²) in [6.07, 6.45) is 4.02. The van der Waals surface area contributed by atoms with Crippen LogP contribution in [0.2, 0.25) is 5.02 Å². The summed E-state index contributed by atoms with van der Waals surface area (Å²) in [6, 6.07) is 15.6. The fourth-order valence-corrected chi connectivity index (χ4v) is 4.05. The Balaban J connectivity index is 2.02. The molecule has 0 radical (unpaired) electrons. The SMILES string of the molecule is Cn1c2ccc(O)cc2c2c3c[nH]cc3c(-c3ccccc3Cl)cc21. The zero-order valence-electron chi connectivity index (χ0n) is 13.5. The van der Waals surface area contributed by atoms with Crippen molar-refractivity contribution in [2.75, 3.05) is 0 Å². The Labute approximate surface area is 149 Å². The van der Waals surface area contributed by atoms with Crippen molar-refractivity contribution in [2.45, 2.75) is 0 Å². The maximum absolute atomic E-state index is 9.96.